The molecule has 1 aromatic carbocycles. The Morgan fingerprint density at radius 1 is 1.38 bits per heavy atom. The van der Waals surface area contributed by atoms with Gasteiger partial charge in [-0.25, -0.2) is 12.8 Å². The van der Waals surface area contributed by atoms with Gasteiger partial charge in [-0.3, -0.25) is 4.79 Å². The number of benzene rings is 1. The Hall–Kier alpha value is -1.63. The van der Waals surface area contributed by atoms with Crippen molar-refractivity contribution in [1.82, 2.24) is 5.32 Å². The standard InChI is InChI=1S/C14H19FN2O3S/c1-9(14(18)17-11-4-2-3-5-11)21(19,20)13-7-6-10(15)8-12(13)16/h6-9,11H,2-5,16H2,1H3,(H,17,18). The Kier molecular flexibility index (Phi) is 4.51. The highest BCUT2D eigenvalue weighted by Gasteiger charge is 2.32. The fourth-order valence-corrected chi connectivity index (χ4v) is 3.87. The molecule has 5 nitrogen and oxygen atoms in total. The molecular weight excluding hydrogens is 295 g/mol. The summed E-state index contributed by atoms with van der Waals surface area (Å²) < 4.78 is 37.8. The Balaban J connectivity index is 2.19. The number of hydrogen-bond acceptors (Lipinski definition) is 4. The topological polar surface area (TPSA) is 89.3 Å². The monoisotopic (exact) mass is 314 g/mol. The average molecular weight is 314 g/mol. The molecule has 3 N–H and O–H groups in total. The molecule has 1 saturated carbocycles. The molecule has 1 atom stereocenters. The number of halogens is 1. The van der Waals surface area contributed by atoms with Crippen LogP contribution in [0.4, 0.5) is 10.1 Å². The van der Waals surface area contributed by atoms with Crippen LogP contribution < -0.4 is 11.1 Å². The molecule has 21 heavy (non-hydrogen) atoms. The number of anilines is 1. The molecule has 0 radical (unpaired) electrons. The second kappa shape index (κ2) is 6.01. The van der Waals surface area contributed by atoms with Crippen molar-refractivity contribution in [1.29, 1.82) is 0 Å². The third kappa shape index (κ3) is 3.34. The molecule has 116 valence electrons. The number of amides is 1. The highest BCUT2D eigenvalue weighted by Crippen LogP contribution is 2.24. The van der Waals surface area contributed by atoms with Gasteiger partial charge in [-0.15, -0.1) is 0 Å². The van der Waals surface area contributed by atoms with Crippen LogP contribution >= 0.6 is 0 Å². The lowest BCUT2D eigenvalue weighted by molar-refractivity contribution is -0.121. The van der Waals surface area contributed by atoms with Gasteiger partial charge >= 0.3 is 0 Å². The average Bonchev–Trinajstić information content (AvgIpc) is 2.90. The summed E-state index contributed by atoms with van der Waals surface area (Å²) in [6, 6.07) is 3.10. The van der Waals surface area contributed by atoms with Crippen LogP contribution in [0.5, 0.6) is 0 Å². The number of sulfone groups is 1. The third-order valence-electron chi connectivity index (χ3n) is 3.81. The van der Waals surface area contributed by atoms with E-state index in [-0.39, 0.29) is 16.6 Å². The first kappa shape index (κ1) is 15.8. The molecule has 1 aliphatic rings. The highest BCUT2D eigenvalue weighted by molar-refractivity contribution is 7.93. The summed E-state index contributed by atoms with van der Waals surface area (Å²) in [5.41, 5.74) is 5.37. The number of carbonyl (C=O) groups is 1. The van der Waals surface area contributed by atoms with Crippen LogP contribution in [0, 0.1) is 5.82 Å². The van der Waals surface area contributed by atoms with E-state index in [1.165, 1.54) is 6.92 Å². The normalized spacial score (nSPS) is 17.6. The molecule has 1 unspecified atom stereocenters. The minimum absolute atomic E-state index is 0.0423. The van der Waals surface area contributed by atoms with E-state index < -0.39 is 26.8 Å². The van der Waals surface area contributed by atoms with Gasteiger partial charge in [0.15, 0.2) is 9.84 Å². The number of rotatable bonds is 4. The van der Waals surface area contributed by atoms with Gasteiger partial charge in [0.2, 0.25) is 5.91 Å². The largest absolute Gasteiger partial charge is 0.398 e. The summed E-state index contributed by atoms with van der Waals surface area (Å²) in [7, 11) is -3.93. The van der Waals surface area contributed by atoms with E-state index in [2.05, 4.69) is 5.32 Å². The molecule has 0 saturated heterocycles. The number of nitrogens with one attached hydrogen (secondary N) is 1. The van der Waals surface area contributed by atoms with Crippen LogP contribution in [0.15, 0.2) is 23.1 Å². The van der Waals surface area contributed by atoms with E-state index in [9.17, 15) is 17.6 Å². The SMILES string of the molecule is CC(C(=O)NC1CCCC1)S(=O)(=O)c1ccc(F)cc1N. The van der Waals surface area contributed by atoms with Crippen LogP contribution in [0.1, 0.15) is 32.6 Å². The number of carbonyl (C=O) groups excluding carboxylic acids is 1. The molecule has 0 bridgehead atoms. The van der Waals surface area contributed by atoms with Gasteiger partial charge in [-0.1, -0.05) is 12.8 Å². The molecule has 0 aromatic heterocycles. The van der Waals surface area contributed by atoms with Gasteiger partial charge in [0.05, 0.1) is 10.6 Å². The molecule has 0 spiro atoms. The van der Waals surface area contributed by atoms with E-state index in [0.29, 0.717) is 0 Å². The summed E-state index contributed by atoms with van der Waals surface area (Å²) in [5, 5.41) is 1.49. The van der Waals surface area contributed by atoms with Crippen LogP contribution in [0.3, 0.4) is 0 Å². The van der Waals surface area contributed by atoms with Crippen molar-refractivity contribution in [2.24, 2.45) is 0 Å². The molecule has 7 heteroatoms. The van der Waals surface area contributed by atoms with Crippen LogP contribution in [-0.4, -0.2) is 25.6 Å². The maximum atomic E-state index is 13.0. The van der Waals surface area contributed by atoms with Crippen molar-refractivity contribution in [3.63, 3.8) is 0 Å². The molecular formula is C14H19FN2O3S. The first-order chi connectivity index (χ1) is 9.82. The molecule has 1 amide bonds. The van der Waals surface area contributed by atoms with Crippen molar-refractivity contribution in [2.75, 3.05) is 5.73 Å². The summed E-state index contributed by atoms with van der Waals surface area (Å²) in [6.45, 7) is 1.32. The Morgan fingerprint density at radius 3 is 2.57 bits per heavy atom. The Labute approximate surface area is 123 Å². The van der Waals surface area contributed by atoms with Crippen LogP contribution in [-0.2, 0) is 14.6 Å². The minimum Gasteiger partial charge on any atom is -0.398 e. The molecule has 1 fully saturated rings. The third-order valence-corrected chi connectivity index (χ3v) is 5.94. The van der Waals surface area contributed by atoms with Gasteiger partial charge in [-0.2, -0.15) is 0 Å². The lowest BCUT2D eigenvalue weighted by atomic mass is 10.2. The van der Waals surface area contributed by atoms with E-state index in [0.717, 1.165) is 43.9 Å². The predicted octanol–water partition coefficient (Wildman–Crippen LogP) is 1.63. The number of hydrogen-bond donors (Lipinski definition) is 2. The van der Waals surface area contributed by atoms with Crippen molar-refractivity contribution in [3.8, 4) is 0 Å². The van der Waals surface area contributed by atoms with Crippen molar-refractivity contribution in [2.45, 2.75) is 48.8 Å². The van der Waals surface area contributed by atoms with Crippen LogP contribution in [0.2, 0.25) is 0 Å². The van der Waals surface area contributed by atoms with E-state index in [4.69, 9.17) is 5.73 Å². The maximum absolute atomic E-state index is 13.0. The first-order valence-corrected chi connectivity index (χ1v) is 8.46. The van der Waals surface area contributed by atoms with Crippen LogP contribution in [0.25, 0.3) is 0 Å². The zero-order chi connectivity index (χ0) is 15.6. The van der Waals surface area contributed by atoms with Crippen molar-refractivity contribution < 1.29 is 17.6 Å². The Bertz CT molecular complexity index is 640. The van der Waals surface area contributed by atoms with Gasteiger partial charge in [0.1, 0.15) is 11.1 Å². The lowest BCUT2D eigenvalue weighted by Gasteiger charge is -2.17. The zero-order valence-corrected chi connectivity index (χ0v) is 12.6. The molecule has 1 aromatic rings. The van der Waals surface area contributed by atoms with E-state index in [1.54, 1.807) is 0 Å². The smallest absolute Gasteiger partial charge is 0.238 e. The van der Waals surface area contributed by atoms with Gasteiger partial charge in [0.25, 0.3) is 0 Å². The fourth-order valence-electron chi connectivity index (χ4n) is 2.50. The Morgan fingerprint density at radius 2 is 2.00 bits per heavy atom. The van der Waals surface area contributed by atoms with E-state index >= 15 is 0 Å². The summed E-state index contributed by atoms with van der Waals surface area (Å²) in [6.07, 6.45) is 3.82. The maximum Gasteiger partial charge on any atom is 0.238 e. The molecule has 2 rings (SSSR count). The number of nitrogens with two attached hydrogens (primary N) is 1. The van der Waals surface area contributed by atoms with Crippen molar-refractivity contribution in [3.05, 3.63) is 24.0 Å². The summed E-state index contributed by atoms with van der Waals surface area (Å²) >= 11 is 0. The molecule has 1 aliphatic carbocycles. The summed E-state index contributed by atoms with van der Waals surface area (Å²) in [5.74, 6) is -1.15. The molecule has 0 aliphatic heterocycles. The quantitative estimate of drug-likeness (QED) is 0.653. The number of nitrogen functional groups attached to an aromatic ring is 1. The molecule has 0 heterocycles. The zero-order valence-electron chi connectivity index (χ0n) is 11.8. The highest BCUT2D eigenvalue weighted by atomic mass is 32.2. The van der Waals surface area contributed by atoms with Crippen molar-refractivity contribution >= 4 is 21.4 Å². The first-order valence-electron chi connectivity index (χ1n) is 6.91. The second-order valence-corrected chi connectivity index (χ2v) is 7.60. The summed E-state index contributed by atoms with van der Waals surface area (Å²) in [4.78, 5) is 11.9. The van der Waals surface area contributed by atoms with E-state index in [1.807, 2.05) is 0 Å². The van der Waals surface area contributed by atoms with Gasteiger partial charge in [0, 0.05) is 6.04 Å². The minimum atomic E-state index is -3.93. The second-order valence-electron chi connectivity index (χ2n) is 5.36. The lowest BCUT2D eigenvalue weighted by Crippen LogP contribution is -2.42. The fraction of sp³-hybridized carbons (Fsp3) is 0.500. The predicted molar refractivity (Wildman–Crippen MR) is 77.9 cm³/mol. The van der Waals surface area contributed by atoms with Gasteiger partial charge in [-0.05, 0) is 38.0 Å². The van der Waals surface area contributed by atoms with Gasteiger partial charge < -0.3 is 11.1 Å².